The molecule has 0 aliphatic carbocycles. The maximum absolute atomic E-state index is 11.6. The molecule has 1 aromatic rings. The van der Waals surface area contributed by atoms with Crippen LogP contribution in [0.1, 0.15) is 26.5 Å². The molecule has 0 aromatic carbocycles. The number of carbonyl (C=O) groups excluding carboxylic acids is 1. The lowest BCUT2D eigenvalue weighted by molar-refractivity contribution is -0.151. The van der Waals surface area contributed by atoms with Gasteiger partial charge >= 0.3 is 5.97 Å². The zero-order chi connectivity index (χ0) is 12.1. The number of nitrogens with two attached hydrogens (primary N) is 1. The van der Waals surface area contributed by atoms with Gasteiger partial charge in [-0.3, -0.25) is 4.79 Å². The minimum atomic E-state index is -0.637. The Balaban J connectivity index is 2.42. The van der Waals surface area contributed by atoms with E-state index < -0.39 is 6.04 Å². The normalized spacial score (nSPS) is 14.8. The third kappa shape index (κ3) is 3.66. The van der Waals surface area contributed by atoms with Crippen molar-refractivity contribution in [2.24, 2.45) is 11.7 Å². The van der Waals surface area contributed by atoms with E-state index >= 15 is 0 Å². The number of rotatable bonds is 5. The van der Waals surface area contributed by atoms with Crippen molar-refractivity contribution in [1.82, 2.24) is 9.97 Å². The number of aromatic nitrogens is 2. The highest BCUT2D eigenvalue weighted by molar-refractivity contribution is 5.75. The minimum Gasteiger partial charge on any atom is -0.461 e. The van der Waals surface area contributed by atoms with Gasteiger partial charge in [-0.1, -0.05) is 13.8 Å². The van der Waals surface area contributed by atoms with E-state index in [2.05, 4.69) is 9.97 Å². The van der Waals surface area contributed by atoms with Gasteiger partial charge in [0.25, 0.3) is 0 Å². The number of hydrogen-bond donors (Lipinski definition) is 2. The van der Waals surface area contributed by atoms with Gasteiger partial charge in [-0.25, -0.2) is 4.98 Å². The minimum absolute atomic E-state index is 0.111. The van der Waals surface area contributed by atoms with Crippen LogP contribution >= 0.6 is 0 Å². The molecular weight excluding hydrogens is 206 g/mol. The monoisotopic (exact) mass is 225 g/mol. The van der Waals surface area contributed by atoms with Crippen LogP contribution in [0, 0.1) is 5.92 Å². The topological polar surface area (TPSA) is 81.0 Å². The number of hydrogen-bond acceptors (Lipinski definition) is 4. The molecule has 1 aromatic heterocycles. The Morgan fingerprint density at radius 1 is 1.56 bits per heavy atom. The summed E-state index contributed by atoms with van der Waals surface area (Å²) in [5.41, 5.74) is 6.57. The number of nitrogens with zero attached hydrogens (tertiary/aromatic N) is 1. The maximum atomic E-state index is 11.6. The van der Waals surface area contributed by atoms with E-state index in [-0.39, 0.29) is 12.1 Å². The third-order valence-corrected chi connectivity index (χ3v) is 2.54. The summed E-state index contributed by atoms with van der Waals surface area (Å²) in [6, 6.07) is -0.637. The molecule has 5 heteroatoms. The van der Waals surface area contributed by atoms with Gasteiger partial charge in [0.1, 0.15) is 12.1 Å². The Labute approximate surface area is 95.4 Å². The Morgan fingerprint density at radius 3 is 2.75 bits per heavy atom. The van der Waals surface area contributed by atoms with Gasteiger partial charge < -0.3 is 15.5 Å². The third-order valence-electron chi connectivity index (χ3n) is 2.54. The van der Waals surface area contributed by atoms with Gasteiger partial charge in [0, 0.05) is 18.3 Å². The van der Waals surface area contributed by atoms with E-state index in [0.717, 1.165) is 5.69 Å². The van der Waals surface area contributed by atoms with Gasteiger partial charge in [-0.2, -0.15) is 0 Å². The van der Waals surface area contributed by atoms with Crippen LogP contribution in [0.25, 0.3) is 0 Å². The Bertz CT molecular complexity index is 322. The lowest BCUT2D eigenvalue weighted by atomic mass is 10.1. The summed E-state index contributed by atoms with van der Waals surface area (Å²) >= 11 is 0. The van der Waals surface area contributed by atoms with E-state index in [1.807, 2.05) is 20.8 Å². The number of H-pyrrole nitrogens is 1. The first-order chi connectivity index (χ1) is 7.50. The molecule has 0 spiro atoms. The average molecular weight is 225 g/mol. The fourth-order valence-corrected chi connectivity index (χ4v) is 1.12. The van der Waals surface area contributed by atoms with Crippen molar-refractivity contribution in [3.05, 3.63) is 18.2 Å². The highest BCUT2D eigenvalue weighted by atomic mass is 16.5. The first-order valence-corrected chi connectivity index (χ1v) is 5.44. The molecule has 1 rings (SSSR count). The van der Waals surface area contributed by atoms with E-state index in [0.29, 0.717) is 12.3 Å². The second-order valence-electron chi connectivity index (χ2n) is 4.27. The zero-order valence-corrected chi connectivity index (χ0v) is 9.93. The lowest BCUT2D eigenvalue weighted by Gasteiger charge is -2.19. The number of aromatic amines is 1. The first kappa shape index (κ1) is 12.7. The molecule has 0 aliphatic heterocycles. The highest BCUT2D eigenvalue weighted by Crippen LogP contribution is 2.07. The van der Waals surface area contributed by atoms with Crippen LogP contribution in [0.4, 0.5) is 0 Å². The fourth-order valence-electron chi connectivity index (χ4n) is 1.12. The van der Waals surface area contributed by atoms with Crippen LogP contribution in [0.2, 0.25) is 0 Å². The molecule has 3 N–H and O–H groups in total. The van der Waals surface area contributed by atoms with Crippen molar-refractivity contribution in [3.63, 3.8) is 0 Å². The molecule has 1 heterocycles. The average Bonchev–Trinajstić information content (AvgIpc) is 2.69. The van der Waals surface area contributed by atoms with Gasteiger partial charge in [0.15, 0.2) is 0 Å². The number of nitrogens with one attached hydrogen (secondary N) is 1. The fraction of sp³-hybridized carbons (Fsp3) is 0.636. The molecule has 0 fully saturated rings. The summed E-state index contributed by atoms with van der Waals surface area (Å²) in [4.78, 5) is 18.4. The predicted octanol–water partition coefficient (Wildman–Crippen LogP) is 0.867. The smallest absolute Gasteiger partial charge is 0.323 e. The lowest BCUT2D eigenvalue weighted by Crippen LogP contribution is -2.37. The Hall–Kier alpha value is -1.36. The second kappa shape index (κ2) is 5.65. The predicted molar refractivity (Wildman–Crippen MR) is 60.7 cm³/mol. The molecule has 5 nitrogen and oxygen atoms in total. The molecular formula is C11H19N3O2. The second-order valence-corrected chi connectivity index (χ2v) is 4.27. The molecule has 0 saturated heterocycles. The summed E-state index contributed by atoms with van der Waals surface area (Å²) in [6.45, 7) is 5.86. The Morgan fingerprint density at radius 2 is 2.25 bits per heavy atom. The van der Waals surface area contributed by atoms with Gasteiger partial charge in [0.05, 0.1) is 6.33 Å². The molecule has 90 valence electrons. The van der Waals surface area contributed by atoms with E-state index in [4.69, 9.17) is 10.5 Å². The zero-order valence-electron chi connectivity index (χ0n) is 9.93. The largest absolute Gasteiger partial charge is 0.461 e. The summed E-state index contributed by atoms with van der Waals surface area (Å²) in [5.74, 6) is -0.0703. The molecule has 0 saturated carbocycles. The van der Waals surface area contributed by atoms with Crippen LogP contribution in [0.15, 0.2) is 12.5 Å². The van der Waals surface area contributed by atoms with E-state index in [9.17, 15) is 4.79 Å². The van der Waals surface area contributed by atoms with Crippen LogP contribution < -0.4 is 5.73 Å². The summed E-state index contributed by atoms with van der Waals surface area (Å²) in [6.07, 6.45) is 3.52. The van der Waals surface area contributed by atoms with Crippen molar-refractivity contribution in [3.8, 4) is 0 Å². The van der Waals surface area contributed by atoms with Crippen LogP contribution in [0.5, 0.6) is 0 Å². The van der Waals surface area contributed by atoms with Crippen molar-refractivity contribution < 1.29 is 9.53 Å². The van der Waals surface area contributed by atoms with Crippen LogP contribution in [0.3, 0.4) is 0 Å². The van der Waals surface area contributed by atoms with Gasteiger partial charge in [0.2, 0.25) is 0 Å². The van der Waals surface area contributed by atoms with Crippen LogP contribution in [-0.2, 0) is 16.0 Å². The molecule has 1 unspecified atom stereocenters. The van der Waals surface area contributed by atoms with Gasteiger partial charge in [-0.15, -0.1) is 0 Å². The molecule has 0 aliphatic rings. The molecule has 0 radical (unpaired) electrons. The number of ether oxygens (including phenoxy) is 1. The van der Waals surface area contributed by atoms with Crippen molar-refractivity contribution in [2.45, 2.75) is 39.3 Å². The van der Waals surface area contributed by atoms with Crippen LogP contribution in [-0.4, -0.2) is 28.1 Å². The molecule has 0 amide bonds. The number of imidazole rings is 1. The SMILES string of the molecule is CC(C)C(C)OC(=O)[C@@H](N)Cc1cnc[nH]1. The van der Waals surface area contributed by atoms with E-state index in [1.54, 1.807) is 12.5 Å². The molecule has 2 atom stereocenters. The Kier molecular flexibility index (Phi) is 4.49. The quantitative estimate of drug-likeness (QED) is 0.728. The van der Waals surface area contributed by atoms with Crippen molar-refractivity contribution >= 4 is 5.97 Å². The maximum Gasteiger partial charge on any atom is 0.323 e. The molecule has 16 heavy (non-hydrogen) atoms. The van der Waals surface area contributed by atoms with Crippen molar-refractivity contribution in [2.75, 3.05) is 0 Å². The highest BCUT2D eigenvalue weighted by Gasteiger charge is 2.20. The van der Waals surface area contributed by atoms with Crippen molar-refractivity contribution in [1.29, 1.82) is 0 Å². The van der Waals surface area contributed by atoms with Gasteiger partial charge in [-0.05, 0) is 12.8 Å². The summed E-state index contributed by atoms with van der Waals surface area (Å²) in [7, 11) is 0. The number of carbonyl (C=O) groups is 1. The summed E-state index contributed by atoms with van der Waals surface area (Å²) < 4.78 is 5.22. The number of esters is 1. The van der Waals surface area contributed by atoms with E-state index in [1.165, 1.54) is 0 Å². The molecule has 0 bridgehead atoms. The first-order valence-electron chi connectivity index (χ1n) is 5.44. The summed E-state index contributed by atoms with van der Waals surface area (Å²) in [5, 5.41) is 0. The standard InChI is InChI=1S/C11H19N3O2/c1-7(2)8(3)16-11(15)10(12)4-9-5-13-6-14-9/h5-8,10H,4,12H2,1-3H3,(H,13,14)/t8?,10-/m0/s1.